The maximum absolute atomic E-state index is 6.18. The first kappa shape index (κ1) is 22.9. The number of hydrogen-bond donors (Lipinski definition) is 0. The van der Waals surface area contributed by atoms with E-state index in [0.717, 1.165) is 62.0 Å². The van der Waals surface area contributed by atoms with Gasteiger partial charge in [-0.15, -0.1) is 0 Å². The highest BCUT2D eigenvalue weighted by Gasteiger charge is 2.29. The molecule has 0 unspecified atom stereocenters. The van der Waals surface area contributed by atoms with Crippen LogP contribution < -0.4 is 9.47 Å². The average Bonchev–Trinajstić information content (AvgIpc) is 3.55. The number of benzene rings is 1. The third-order valence-electron chi connectivity index (χ3n) is 7.72. The maximum atomic E-state index is 6.18. The topological polar surface area (TPSA) is 47.1 Å². The molecule has 0 spiro atoms. The molecule has 0 saturated carbocycles. The zero-order chi connectivity index (χ0) is 22.6. The molecule has 5 rings (SSSR count). The van der Waals surface area contributed by atoms with Gasteiger partial charge in [-0.1, -0.05) is 0 Å². The van der Waals surface area contributed by atoms with Crippen LogP contribution in [0.15, 0.2) is 18.2 Å². The molecule has 3 saturated heterocycles. The number of rotatable bonds is 8. The molecule has 0 aliphatic carbocycles. The Morgan fingerprint density at radius 3 is 2.58 bits per heavy atom. The zero-order valence-corrected chi connectivity index (χ0v) is 20.4. The van der Waals surface area contributed by atoms with Crippen molar-refractivity contribution in [2.45, 2.75) is 57.4 Å². The molecule has 3 aliphatic heterocycles. The number of nitrogens with zero attached hydrogens (tertiary/aromatic N) is 3. The molecule has 2 aromatic rings. The minimum absolute atomic E-state index is 0.560. The summed E-state index contributed by atoms with van der Waals surface area (Å²) in [5, 5.41) is 1.21. The number of pyridine rings is 1. The molecular formula is C27H39N3O3. The summed E-state index contributed by atoms with van der Waals surface area (Å²) in [4.78, 5) is 10.0. The van der Waals surface area contributed by atoms with E-state index in [0.29, 0.717) is 18.6 Å². The number of piperidine rings is 1. The van der Waals surface area contributed by atoms with Gasteiger partial charge in [0.15, 0.2) is 11.5 Å². The maximum Gasteiger partial charge on any atom is 0.163 e. The SMILES string of the molecule is COc1cc2c(C3CCN([C@@H]4CCOC4)CC3)cc(C)nc2cc1OCCCN1CCCC1. The van der Waals surface area contributed by atoms with Gasteiger partial charge in [-0.3, -0.25) is 9.88 Å². The molecule has 0 bridgehead atoms. The molecular weight excluding hydrogens is 414 g/mol. The van der Waals surface area contributed by atoms with E-state index in [1.165, 1.54) is 56.1 Å². The van der Waals surface area contributed by atoms with E-state index in [2.05, 4.69) is 34.9 Å². The number of methoxy groups -OCH3 is 1. The fourth-order valence-electron chi connectivity index (χ4n) is 5.87. The van der Waals surface area contributed by atoms with E-state index in [1.54, 1.807) is 7.11 Å². The summed E-state index contributed by atoms with van der Waals surface area (Å²) in [6.45, 7) is 10.5. The number of likely N-dealkylation sites (tertiary alicyclic amines) is 2. The first-order valence-corrected chi connectivity index (χ1v) is 12.9. The van der Waals surface area contributed by atoms with Crippen molar-refractivity contribution in [1.29, 1.82) is 0 Å². The Morgan fingerprint density at radius 2 is 1.85 bits per heavy atom. The number of ether oxygens (including phenoxy) is 3. The lowest BCUT2D eigenvalue weighted by molar-refractivity contribution is 0.122. The Kier molecular flexibility index (Phi) is 7.34. The summed E-state index contributed by atoms with van der Waals surface area (Å²) in [5.41, 5.74) is 3.51. The van der Waals surface area contributed by atoms with Gasteiger partial charge in [0.1, 0.15) is 0 Å². The van der Waals surface area contributed by atoms with Crippen LogP contribution in [0.3, 0.4) is 0 Å². The minimum atomic E-state index is 0.560. The molecule has 1 aromatic carbocycles. The Labute approximate surface area is 198 Å². The van der Waals surface area contributed by atoms with Crippen molar-refractivity contribution < 1.29 is 14.2 Å². The predicted octanol–water partition coefficient (Wildman–Crippen LogP) is 4.38. The Bertz CT molecular complexity index is 930. The number of hydrogen-bond acceptors (Lipinski definition) is 6. The number of aromatic nitrogens is 1. The second-order valence-electron chi connectivity index (χ2n) is 9.95. The van der Waals surface area contributed by atoms with E-state index in [-0.39, 0.29) is 0 Å². The van der Waals surface area contributed by atoms with Gasteiger partial charge >= 0.3 is 0 Å². The van der Waals surface area contributed by atoms with Crippen molar-refractivity contribution >= 4 is 10.9 Å². The second-order valence-corrected chi connectivity index (χ2v) is 9.95. The highest BCUT2D eigenvalue weighted by Crippen LogP contribution is 2.39. The summed E-state index contributed by atoms with van der Waals surface area (Å²) in [7, 11) is 1.74. The van der Waals surface area contributed by atoms with Crippen LogP contribution in [0.4, 0.5) is 0 Å². The lowest BCUT2D eigenvalue weighted by Crippen LogP contribution is -2.41. The van der Waals surface area contributed by atoms with Gasteiger partial charge in [-0.05, 0) is 95.2 Å². The quantitative estimate of drug-likeness (QED) is 0.553. The van der Waals surface area contributed by atoms with Crippen LogP contribution in [-0.4, -0.2) is 80.5 Å². The van der Waals surface area contributed by atoms with Crippen molar-refractivity contribution in [1.82, 2.24) is 14.8 Å². The average molecular weight is 454 g/mol. The molecule has 1 atom stereocenters. The van der Waals surface area contributed by atoms with E-state index in [1.807, 2.05) is 0 Å². The largest absolute Gasteiger partial charge is 0.493 e. The molecule has 6 nitrogen and oxygen atoms in total. The molecule has 1 aromatic heterocycles. The fraction of sp³-hybridized carbons (Fsp3) is 0.667. The molecule has 4 heterocycles. The Balaban J connectivity index is 1.30. The smallest absolute Gasteiger partial charge is 0.163 e. The van der Waals surface area contributed by atoms with Gasteiger partial charge in [-0.2, -0.15) is 0 Å². The van der Waals surface area contributed by atoms with Gasteiger partial charge in [-0.25, -0.2) is 0 Å². The second kappa shape index (κ2) is 10.6. The van der Waals surface area contributed by atoms with E-state index in [4.69, 9.17) is 19.2 Å². The normalized spacial score (nSPS) is 22.9. The number of aryl methyl sites for hydroxylation is 1. The monoisotopic (exact) mass is 453 g/mol. The highest BCUT2D eigenvalue weighted by atomic mass is 16.5. The minimum Gasteiger partial charge on any atom is -0.493 e. The molecule has 33 heavy (non-hydrogen) atoms. The van der Waals surface area contributed by atoms with Crippen LogP contribution in [0.5, 0.6) is 11.5 Å². The summed E-state index contributed by atoms with van der Waals surface area (Å²) >= 11 is 0. The summed E-state index contributed by atoms with van der Waals surface area (Å²) in [6.07, 6.45) is 7.26. The van der Waals surface area contributed by atoms with Crippen molar-refractivity contribution in [3.63, 3.8) is 0 Å². The molecule has 0 radical (unpaired) electrons. The third-order valence-corrected chi connectivity index (χ3v) is 7.72. The first-order chi connectivity index (χ1) is 16.2. The van der Waals surface area contributed by atoms with Gasteiger partial charge in [0.2, 0.25) is 0 Å². The van der Waals surface area contributed by atoms with Crippen LogP contribution in [0, 0.1) is 6.92 Å². The van der Waals surface area contributed by atoms with Gasteiger partial charge in [0, 0.05) is 36.3 Å². The van der Waals surface area contributed by atoms with E-state index < -0.39 is 0 Å². The molecule has 3 aliphatic rings. The van der Waals surface area contributed by atoms with Gasteiger partial charge in [0.05, 0.1) is 25.8 Å². The zero-order valence-electron chi connectivity index (χ0n) is 20.4. The predicted molar refractivity (Wildman–Crippen MR) is 132 cm³/mol. The summed E-state index contributed by atoms with van der Waals surface area (Å²) < 4.78 is 17.6. The third kappa shape index (κ3) is 5.28. The Hall–Kier alpha value is -1.89. The fourth-order valence-corrected chi connectivity index (χ4v) is 5.87. The van der Waals surface area contributed by atoms with E-state index >= 15 is 0 Å². The van der Waals surface area contributed by atoms with Crippen LogP contribution in [-0.2, 0) is 4.74 Å². The summed E-state index contributed by atoms with van der Waals surface area (Å²) in [6, 6.07) is 7.15. The first-order valence-electron chi connectivity index (χ1n) is 12.9. The van der Waals surface area contributed by atoms with Crippen molar-refractivity contribution in [2.75, 3.05) is 59.7 Å². The lowest BCUT2D eigenvalue weighted by Gasteiger charge is -2.36. The molecule has 6 heteroatoms. The van der Waals surface area contributed by atoms with Crippen LogP contribution in [0.2, 0.25) is 0 Å². The molecule has 0 amide bonds. The molecule has 180 valence electrons. The van der Waals surface area contributed by atoms with E-state index in [9.17, 15) is 0 Å². The van der Waals surface area contributed by atoms with Crippen molar-refractivity contribution in [2.24, 2.45) is 0 Å². The molecule has 0 N–H and O–H groups in total. The lowest BCUT2D eigenvalue weighted by atomic mass is 9.86. The van der Waals surface area contributed by atoms with Gasteiger partial charge < -0.3 is 19.1 Å². The van der Waals surface area contributed by atoms with Crippen LogP contribution in [0.25, 0.3) is 10.9 Å². The molecule has 3 fully saturated rings. The standard InChI is InChI=1S/C27H39N3O3/c1-20-16-23(21-6-12-30(13-7-21)22-8-15-32-19-22)24-17-26(31-2)27(18-25(24)28-20)33-14-5-11-29-9-3-4-10-29/h16-18,21-22H,3-15,19H2,1-2H3/t22-/m1/s1. The van der Waals surface area contributed by atoms with Gasteiger partial charge in [0.25, 0.3) is 0 Å². The van der Waals surface area contributed by atoms with Crippen LogP contribution in [0.1, 0.15) is 55.7 Å². The Morgan fingerprint density at radius 1 is 1.03 bits per heavy atom. The highest BCUT2D eigenvalue weighted by molar-refractivity contribution is 5.86. The summed E-state index contributed by atoms with van der Waals surface area (Å²) in [5.74, 6) is 2.19. The number of fused-ring (bicyclic) bond motifs is 1. The van der Waals surface area contributed by atoms with Crippen molar-refractivity contribution in [3.05, 3.63) is 29.5 Å². The van der Waals surface area contributed by atoms with Crippen LogP contribution >= 0.6 is 0 Å². The van der Waals surface area contributed by atoms with Crippen molar-refractivity contribution in [3.8, 4) is 11.5 Å².